The Morgan fingerprint density at radius 1 is 1.17 bits per heavy atom. The zero-order valence-electron chi connectivity index (χ0n) is 19.1. The lowest BCUT2D eigenvalue weighted by Gasteiger charge is -2.37. The third-order valence-corrected chi connectivity index (χ3v) is 11.1. The predicted molar refractivity (Wildman–Crippen MR) is 128 cm³/mol. The summed E-state index contributed by atoms with van der Waals surface area (Å²) in [6, 6.07) is 6.29. The lowest BCUT2D eigenvalue weighted by Crippen LogP contribution is -2.42. The molecule has 0 radical (unpaired) electrons. The molecule has 160 valence electrons. The van der Waals surface area contributed by atoms with Gasteiger partial charge in [0.15, 0.2) is 8.32 Å². The Morgan fingerprint density at radius 3 is 2.38 bits per heavy atom. The summed E-state index contributed by atoms with van der Waals surface area (Å²) < 4.78 is 15.3. The van der Waals surface area contributed by atoms with E-state index in [-0.39, 0.29) is 11.0 Å². The van der Waals surface area contributed by atoms with Crippen LogP contribution in [0.15, 0.2) is 28.9 Å². The second kappa shape index (κ2) is 8.93. The van der Waals surface area contributed by atoms with Gasteiger partial charge in [-0.25, -0.2) is 6.57 Å². The summed E-state index contributed by atoms with van der Waals surface area (Å²) in [5.74, 6) is 0.243. The number of benzene rings is 1. The van der Waals surface area contributed by atoms with E-state index in [0.29, 0.717) is 13.2 Å². The van der Waals surface area contributed by atoms with Gasteiger partial charge in [-0.1, -0.05) is 42.8 Å². The van der Waals surface area contributed by atoms with Crippen LogP contribution in [0.25, 0.3) is 15.7 Å². The third-order valence-electron chi connectivity index (χ3n) is 6.13. The number of hydrogen-bond acceptors (Lipinski definition) is 2. The van der Waals surface area contributed by atoms with E-state index in [1.807, 2.05) is 19.9 Å². The number of rotatable bonds is 8. The molecule has 0 fully saturated rings. The second-order valence-electron chi connectivity index (χ2n) is 9.92. The predicted octanol–water partition coefficient (Wildman–Crippen LogP) is 6.84. The van der Waals surface area contributed by atoms with E-state index < -0.39 is 13.9 Å². The molecule has 1 unspecified atom stereocenters. The Morgan fingerprint density at radius 2 is 1.83 bits per heavy atom. The van der Waals surface area contributed by atoms with E-state index in [1.54, 1.807) is 7.11 Å². The number of nitrogens with zero attached hydrogens (tertiary/aromatic N) is 2. The summed E-state index contributed by atoms with van der Waals surface area (Å²) in [4.78, 5) is 3.87. The molecule has 0 saturated heterocycles. The molecule has 2 aromatic rings. The van der Waals surface area contributed by atoms with Gasteiger partial charge in [0, 0.05) is 61.6 Å². The highest BCUT2D eigenvalue weighted by molar-refractivity contribution is 9.10. The summed E-state index contributed by atoms with van der Waals surface area (Å²) >= 11 is 3.60. The van der Waals surface area contributed by atoms with Gasteiger partial charge >= 0.3 is 0 Å². The highest BCUT2D eigenvalue weighted by Crippen LogP contribution is 2.37. The minimum atomic E-state index is -1.82. The van der Waals surface area contributed by atoms with Gasteiger partial charge in [-0.3, -0.25) is 0 Å². The molecule has 0 aliphatic rings. The maximum absolute atomic E-state index is 7.64. The fraction of sp³-hybridized carbons (Fsp3) is 0.609. The molecule has 0 saturated carbocycles. The van der Waals surface area contributed by atoms with Gasteiger partial charge in [-0.05, 0) is 30.3 Å². The van der Waals surface area contributed by atoms with Crippen molar-refractivity contribution in [2.75, 3.05) is 20.3 Å². The van der Waals surface area contributed by atoms with Crippen molar-refractivity contribution in [3.8, 4) is 0 Å². The van der Waals surface area contributed by atoms with E-state index in [2.05, 4.69) is 77.5 Å². The smallest absolute Gasteiger partial charge is 0.254 e. The van der Waals surface area contributed by atoms with Gasteiger partial charge in [-0.15, -0.1) is 0 Å². The first-order valence-corrected chi connectivity index (χ1v) is 13.8. The Kier molecular flexibility index (Phi) is 7.43. The van der Waals surface area contributed by atoms with Crippen molar-refractivity contribution in [1.29, 1.82) is 0 Å². The number of methoxy groups -OCH3 is 1. The number of halogens is 1. The lowest BCUT2D eigenvalue weighted by molar-refractivity contribution is 0.104. The zero-order valence-corrected chi connectivity index (χ0v) is 21.7. The quantitative estimate of drug-likeness (QED) is 0.306. The fourth-order valence-corrected chi connectivity index (χ4v) is 4.61. The molecular weight excluding hydrogens is 444 g/mol. The summed E-state index contributed by atoms with van der Waals surface area (Å²) in [5.41, 5.74) is 1.64. The largest absolute Gasteiger partial charge is 0.416 e. The van der Waals surface area contributed by atoms with Gasteiger partial charge in [0.2, 0.25) is 0 Å². The van der Waals surface area contributed by atoms with Gasteiger partial charge in [0.25, 0.3) is 5.54 Å². The first-order valence-electron chi connectivity index (χ1n) is 10.1. The summed E-state index contributed by atoms with van der Waals surface area (Å²) in [6.45, 7) is 25.1. The van der Waals surface area contributed by atoms with Crippen LogP contribution in [0.1, 0.15) is 40.2 Å². The standard InChI is InChI=1S/C23H35BrN2O2Si/c1-22(2,3)29(8,9)28-16-17(15-27-7)13-26-14-20(23(4,5)25-6)19-11-10-18(24)12-21(19)26/h10-12,14,17H,13,15-16H2,1-5,7-9H3. The lowest BCUT2D eigenvalue weighted by atomic mass is 9.95. The van der Waals surface area contributed by atoms with Gasteiger partial charge in [0.05, 0.1) is 12.2 Å². The van der Waals surface area contributed by atoms with E-state index in [1.165, 1.54) is 0 Å². The van der Waals surface area contributed by atoms with Crippen LogP contribution in [0.5, 0.6) is 0 Å². The molecule has 1 atom stereocenters. The van der Waals surface area contributed by atoms with Crippen molar-refractivity contribution < 1.29 is 9.16 Å². The highest BCUT2D eigenvalue weighted by Gasteiger charge is 2.37. The number of hydrogen-bond donors (Lipinski definition) is 0. The minimum absolute atomic E-state index is 0.183. The minimum Gasteiger partial charge on any atom is -0.416 e. The normalized spacial score (nSPS) is 14.2. The Bertz CT molecular complexity index is 891. The summed E-state index contributed by atoms with van der Waals surface area (Å²) in [6.07, 6.45) is 2.14. The monoisotopic (exact) mass is 478 g/mol. The Hall–Kier alpha value is -1.13. The first-order chi connectivity index (χ1) is 13.3. The maximum Gasteiger partial charge on any atom is 0.254 e. The number of ether oxygens (including phenoxy) is 1. The SMILES string of the molecule is [C-]#[N+]C(C)(C)c1cn(CC(COC)CO[Si](C)(C)C(C)(C)C)c2cc(Br)ccc12. The van der Waals surface area contributed by atoms with E-state index in [4.69, 9.17) is 15.7 Å². The van der Waals surface area contributed by atoms with Crippen molar-refractivity contribution in [3.05, 3.63) is 45.8 Å². The molecule has 0 bridgehead atoms. The van der Waals surface area contributed by atoms with E-state index in [9.17, 15) is 0 Å². The molecular formula is C23H35BrN2O2Si. The molecule has 1 heterocycles. The molecule has 29 heavy (non-hydrogen) atoms. The Labute approximate surface area is 185 Å². The number of fused-ring (bicyclic) bond motifs is 1. The van der Waals surface area contributed by atoms with Crippen molar-refractivity contribution in [2.24, 2.45) is 5.92 Å². The van der Waals surface area contributed by atoms with E-state index in [0.717, 1.165) is 27.5 Å². The molecule has 0 aliphatic heterocycles. The maximum atomic E-state index is 7.64. The molecule has 0 N–H and O–H groups in total. The Balaban J connectivity index is 2.37. The van der Waals surface area contributed by atoms with Crippen LogP contribution in [0.2, 0.25) is 18.1 Å². The second-order valence-corrected chi connectivity index (χ2v) is 15.6. The summed E-state index contributed by atoms with van der Waals surface area (Å²) in [5, 5.41) is 1.32. The molecule has 1 aromatic heterocycles. The molecule has 0 spiro atoms. The van der Waals surface area contributed by atoms with Crippen LogP contribution < -0.4 is 0 Å². The van der Waals surface area contributed by atoms with Gasteiger partial charge < -0.3 is 18.6 Å². The van der Waals surface area contributed by atoms with E-state index >= 15 is 0 Å². The van der Waals surface area contributed by atoms with Crippen LogP contribution in [-0.4, -0.2) is 33.2 Å². The van der Waals surface area contributed by atoms with Gasteiger partial charge in [-0.2, -0.15) is 0 Å². The average molecular weight is 480 g/mol. The molecule has 2 rings (SSSR count). The summed E-state index contributed by atoms with van der Waals surface area (Å²) in [7, 11) is -0.0719. The molecule has 0 aliphatic carbocycles. The van der Waals surface area contributed by atoms with Gasteiger partial charge in [0.1, 0.15) is 0 Å². The molecule has 0 amide bonds. The molecule has 1 aromatic carbocycles. The van der Waals surface area contributed by atoms with Crippen LogP contribution in [0, 0.1) is 12.5 Å². The first kappa shape index (κ1) is 24.1. The van der Waals surface area contributed by atoms with Crippen LogP contribution in [0.3, 0.4) is 0 Å². The van der Waals surface area contributed by atoms with Crippen molar-refractivity contribution in [3.63, 3.8) is 0 Å². The molecule has 4 nitrogen and oxygen atoms in total. The van der Waals surface area contributed by atoms with Crippen molar-refractivity contribution >= 4 is 35.2 Å². The third kappa shape index (κ3) is 5.52. The van der Waals surface area contributed by atoms with Crippen molar-refractivity contribution in [2.45, 2.75) is 64.8 Å². The number of aromatic nitrogens is 1. The highest BCUT2D eigenvalue weighted by atomic mass is 79.9. The van der Waals surface area contributed by atoms with Crippen molar-refractivity contribution in [1.82, 2.24) is 4.57 Å². The fourth-order valence-electron chi connectivity index (χ4n) is 3.17. The zero-order chi connectivity index (χ0) is 22.0. The van der Waals surface area contributed by atoms with Crippen LogP contribution in [0.4, 0.5) is 0 Å². The average Bonchev–Trinajstić information content (AvgIpc) is 2.97. The molecule has 6 heteroatoms. The topological polar surface area (TPSA) is 27.8 Å². The van der Waals surface area contributed by atoms with Crippen LogP contribution >= 0.6 is 15.9 Å². The van der Waals surface area contributed by atoms with Crippen LogP contribution in [-0.2, 0) is 21.2 Å².